The molecule has 1 aromatic carbocycles. The Hall–Kier alpha value is -1.78. The minimum atomic E-state index is -0.416. The highest BCUT2D eigenvalue weighted by Crippen LogP contribution is 2.35. The van der Waals surface area contributed by atoms with Crippen LogP contribution in [0.3, 0.4) is 0 Å². The van der Waals surface area contributed by atoms with Crippen molar-refractivity contribution in [1.82, 2.24) is 0 Å². The predicted octanol–water partition coefficient (Wildman–Crippen LogP) is 2.80. The van der Waals surface area contributed by atoms with Gasteiger partial charge >= 0.3 is 0 Å². The molecule has 0 radical (unpaired) electrons. The zero-order valence-electron chi connectivity index (χ0n) is 10.8. The number of hydrogen-bond donors (Lipinski definition) is 1. The third-order valence-electron chi connectivity index (χ3n) is 3.46. The molecule has 0 atom stereocenters. The van der Waals surface area contributed by atoms with E-state index in [4.69, 9.17) is 5.73 Å². The summed E-state index contributed by atoms with van der Waals surface area (Å²) in [6.07, 6.45) is 2.33. The summed E-state index contributed by atoms with van der Waals surface area (Å²) < 4.78 is 0. The molecule has 1 fully saturated rings. The van der Waals surface area contributed by atoms with Gasteiger partial charge < -0.3 is 10.6 Å². The van der Waals surface area contributed by atoms with Crippen LogP contribution in [-0.4, -0.2) is 18.0 Å². The highest BCUT2D eigenvalue weighted by molar-refractivity contribution is 5.70. The first-order valence-corrected chi connectivity index (χ1v) is 6.18. The SMILES string of the molecule is CC1(C)CCCN(c2ccc([N+](=O)[O-])cc2N)C1. The highest BCUT2D eigenvalue weighted by Gasteiger charge is 2.27. The molecule has 0 unspecified atom stereocenters. The van der Waals surface area contributed by atoms with E-state index in [0.717, 1.165) is 25.2 Å². The van der Waals surface area contributed by atoms with E-state index in [1.165, 1.54) is 18.6 Å². The van der Waals surface area contributed by atoms with E-state index in [-0.39, 0.29) is 11.1 Å². The van der Waals surface area contributed by atoms with Crippen LogP contribution in [0, 0.1) is 15.5 Å². The molecule has 0 aliphatic carbocycles. The summed E-state index contributed by atoms with van der Waals surface area (Å²) in [7, 11) is 0. The van der Waals surface area contributed by atoms with Gasteiger partial charge in [-0.25, -0.2) is 0 Å². The van der Waals surface area contributed by atoms with Crippen molar-refractivity contribution in [1.29, 1.82) is 0 Å². The van der Waals surface area contributed by atoms with E-state index in [1.54, 1.807) is 6.07 Å². The van der Waals surface area contributed by atoms with Crippen molar-refractivity contribution in [3.8, 4) is 0 Å². The Bertz CT molecular complexity index is 471. The molecule has 1 saturated heterocycles. The van der Waals surface area contributed by atoms with Gasteiger partial charge in [-0.15, -0.1) is 0 Å². The van der Waals surface area contributed by atoms with Crippen molar-refractivity contribution >= 4 is 17.1 Å². The fourth-order valence-electron chi connectivity index (χ4n) is 2.57. The molecule has 1 heterocycles. The van der Waals surface area contributed by atoms with E-state index in [1.807, 2.05) is 0 Å². The van der Waals surface area contributed by atoms with E-state index < -0.39 is 4.92 Å². The summed E-state index contributed by atoms with van der Waals surface area (Å²) in [4.78, 5) is 12.5. The number of nitrogen functional groups attached to an aromatic ring is 1. The minimum Gasteiger partial charge on any atom is -0.397 e. The van der Waals surface area contributed by atoms with Crippen LogP contribution in [0.25, 0.3) is 0 Å². The Balaban J connectivity index is 2.26. The molecule has 2 N–H and O–H groups in total. The maximum atomic E-state index is 10.7. The van der Waals surface area contributed by atoms with Crippen molar-refractivity contribution in [2.24, 2.45) is 5.41 Å². The van der Waals surface area contributed by atoms with Gasteiger partial charge in [0.05, 0.1) is 16.3 Å². The van der Waals surface area contributed by atoms with Crippen LogP contribution in [-0.2, 0) is 0 Å². The smallest absolute Gasteiger partial charge is 0.271 e. The van der Waals surface area contributed by atoms with Crippen LogP contribution in [0.5, 0.6) is 0 Å². The minimum absolute atomic E-state index is 0.0486. The first-order valence-electron chi connectivity index (χ1n) is 6.18. The third-order valence-corrected chi connectivity index (χ3v) is 3.46. The van der Waals surface area contributed by atoms with Gasteiger partial charge in [0, 0.05) is 25.2 Å². The molecule has 5 heteroatoms. The number of nitro groups is 1. The Morgan fingerprint density at radius 3 is 2.72 bits per heavy atom. The predicted molar refractivity (Wildman–Crippen MR) is 72.7 cm³/mol. The lowest BCUT2D eigenvalue weighted by atomic mass is 9.84. The molecule has 98 valence electrons. The number of anilines is 2. The van der Waals surface area contributed by atoms with E-state index in [0.29, 0.717) is 5.69 Å². The van der Waals surface area contributed by atoms with Gasteiger partial charge in [0.2, 0.25) is 0 Å². The van der Waals surface area contributed by atoms with Gasteiger partial charge in [0.15, 0.2) is 0 Å². The standard InChI is InChI=1S/C13H19N3O2/c1-13(2)6-3-7-15(9-13)12-5-4-10(16(17)18)8-11(12)14/h4-5,8H,3,6-7,9,14H2,1-2H3. The molecule has 1 aliphatic heterocycles. The van der Waals surface area contributed by atoms with Crippen LogP contribution in [0.1, 0.15) is 26.7 Å². The van der Waals surface area contributed by atoms with Crippen LogP contribution in [0.4, 0.5) is 17.1 Å². The zero-order chi connectivity index (χ0) is 13.3. The molecule has 18 heavy (non-hydrogen) atoms. The number of nitro benzene ring substituents is 1. The third kappa shape index (κ3) is 2.55. The molecule has 0 bridgehead atoms. The maximum Gasteiger partial charge on any atom is 0.271 e. The number of non-ortho nitro benzene ring substituents is 1. The summed E-state index contributed by atoms with van der Waals surface area (Å²) in [5.41, 5.74) is 7.65. The maximum absolute atomic E-state index is 10.7. The van der Waals surface area contributed by atoms with Crippen LogP contribution in [0.15, 0.2) is 18.2 Å². The molecule has 1 aromatic rings. The molecule has 5 nitrogen and oxygen atoms in total. The molecule has 0 aromatic heterocycles. The molecular weight excluding hydrogens is 230 g/mol. The second kappa shape index (κ2) is 4.48. The van der Waals surface area contributed by atoms with Gasteiger partial charge in [-0.2, -0.15) is 0 Å². The van der Waals surface area contributed by atoms with Crippen LogP contribution < -0.4 is 10.6 Å². The Morgan fingerprint density at radius 2 is 2.17 bits per heavy atom. The fourth-order valence-corrected chi connectivity index (χ4v) is 2.57. The van der Waals surface area contributed by atoms with E-state index >= 15 is 0 Å². The zero-order valence-corrected chi connectivity index (χ0v) is 10.8. The summed E-state index contributed by atoms with van der Waals surface area (Å²) in [6.45, 7) is 6.38. The van der Waals surface area contributed by atoms with Gasteiger partial charge in [-0.1, -0.05) is 13.8 Å². The van der Waals surface area contributed by atoms with Crippen molar-refractivity contribution in [2.75, 3.05) is 23.7 Å². The number of rotatable bonds is 2. The molecule has 0 saturated carbocycles. The summed E-state index contributed by atoms with van der Waals surface area (Å²) >= 11 is 0. The van der Waals surface area contributed by atoms with Crippen molar-refractivity contribution in [3.05, 3.63) is 28.3 Å². The molecule has 0 spiro atoms. The molecular formula is C13H19N3O2. The van der Waals surface area contributed by atoms with E-state index in [9.17, 15) is 10.1 Å². The molecule has 2 rings (SSSR count). The largest absolute Gasteiger partial charge is 0.397 e. The fraction of sp³-hybridized carbons (Fsp3) is 0.538. The summed E-state index contributed by atoms with van der Waals surface area (Å²) in [5, 5.41) is 10.7. The lowest BCUT2D eigenvalue weighted by Gasteiger charge is -2.39. The Labute approximate surface area is 107 Å². The van der Waals surface area contributed by atoms with Crippen LogP contribution >= 0.6 is 0 Å². The number of benzene rings is 1. The summed E-state index contributed by atoms with van der Waals surface area (Å²) in [5.74, 6) is 0. The molecule has 0 amide bonds. The number of nitrogens with two attached hydrogens (primary N) is 1. The first kappa shape index (κ1) is 12.7. The van der Waals surface area contributed by atoms with E-state index in [2.05, 4.69) is 18.7 Å². The lowest BCUT2D eigenvalue weighted by Crippen LogP contribution is -2.40. The average Bonchev–Trinajstić information content (AvgIpc) is 2.27. The van der Waals surface area contributed by atoms with Gasteiger partial charge in [0.25, 0.3) is 5.69 Å². The van der Waals surface area contributed by atoms with Crippen LogP contribution in [0.2, 0.25) is 0 Å². The number of piperidine rings is 1. The second-order valence-corrected chi connectivity index (χ2v) is 5.69. The van der Waals surface area contributed by atoms with Crippen molar-refractivity contribution in [3.63, 3.8) is 0 Å². The first-order chi connectivity index (χ1) is 8.39. The average molecular weight is 249 g/mol. The normalized spacial score (nSPS) is 18.7. The highest BCUT2D eigenvalue weighted by atomic mass is 16.6. The molecule has 1 aliphatic rings. The topological polar surface area (TPSA) is 72.4 Å². The number of hydrogen-bond acceptors (Lipinski definition) is 4. The van der Waals surface area contributed by atoms with Crippen molar-refractivity contribution in [2.45, 2.75) is 26.7 Å². The van der Waals surface area contributed by atoms with Crippen molar-refractivity contribution < 1.29 is 4.92 Å². The second-order valence-electron chi connectivity index (χ2n) is 5.69. The Kier molecular flexibility index (Phi) is 3.15. The quantitative estimate of drug-likeness (QED) is 0.497. The van der Waals surface area contributed by atoms with Gasteiger partial charge in [-0.05, 0) is 24.3 Å². The summed E-state index contributed by atoms with van der Waals surface area (Å²) in [6, 6.07) is 4.72. The van der Waals surface area contributed by atoms with Gasteiger partial charge in [-0.3, -0.25) is 10.1 Å². The Morgan fingerprint density at radius 1 is 1.44 bits per heavy atom. The monoisotopic (exact) mass is 249 g/mol. The number of nitrogens with zero attached hydrogens (tertiary/aromatic N) is 2. The van der Waals surface area contributed by atoms with Gasteiger partial charge in [0.1, 0.15) is 0 Å². The lowest BCUT2D eigenvalue weighted by molar-refractivity contribution is -0.384.